The molecule has 0 bridgehead atoms. The van der Waals surface area contributed by atoms with Crippen LogP contribution in [-0.2, 0) is 4.79 Å². The number of nitrogens with one attached hydrogen (secondary N) is 3. The second kappa shape index (κ2) is 10.5. The molecule has 148 valence electrons. The fourth-order valence-corrected chi connectivity index (χ4v) is 3.22. The number of carbonyl (C=O) groups excluding carboxylic acids is 1. The molecule has 2 aromatic carbocycles. The van der Waals surface area contributed by atoms with Crippen molar-refractivity contribution in [3.8, 4) is 0 Å². The Morgan fingerprint density at radius 3 is 2.14 bits per heavy atom. The van der Waals surface area contributed by atoms with E-state index in [-0.39, 0.29) is 12.5 Å². The number of benzene rings is 2. The highest BCUT2D eigenvalue weighted by Crippen LogP contribution is 2.27. The summed E-state index contributed by atoms with van der Waals surface area (Å²) < 4.78 is 0. The van der Waals surface area contributed by atoms with E-state index in [2.05, 4.69) is 69.5 Å². The Balaban J connectivity index is 1.58. The van der Waals surface area contributed by atoms with Crippen molar-refractivity contribution in [2.24, 2.45) is 4.99 Å². The van der Waals surface area contributed by atoms with Gasteiger partial charge in [-0.2, -0.15) is 0 Å². The lowest BCUT2D eigenvalue weighted by molar-refractivity contribution is -0.119. The molecular formula is C23H30N4O. The van der Waals surface area contributed by atoms with Gasteiger partial charge in [0, 0.05) is 25.0 Å². The number of carbonyl (C=O) groups is 1. The SMILES string of the molecule is CCNC(=NCC(=O)NC1CC1)NCCC(c1ccccc1)c1ccccc1. The van der Waals surface area contributed by atoms with Gasteiger partial charge in [-0.3, -0.25) is 4.79 Å². The minimum absolute atomic E-state index is 0.00819. The van der Waals surface area contributed by atoms with Crippen LogP contribution in [-0.4, -0.2) is 37.5 Å². The predicted octanol–water partition coefficient (Wildman–Crippen LogP) is 3.04. The fourth-order valence-electron chi connectivity index (χ4n) is 3.22. The maximum absolute atomic E-state index is 11.9. The molecule has 1 fully saturated rings. The van der Waals surface area contributed by atoms with Gasteiger partial charge in [-0.25, -0.2) is 4.99 Å². The average Bonchev–Trinajstić information content (AvgIpc) is 3.54. The first-order valence-corrected chi connectivity index (χ1v) is 10.2. The summed E-state index contributed by atoms with van der Waals surface area (Å²) in [7, 11) is 0. The Morgan fingerprint density at radius 1 is 1.00 bits per heavy atom. The first-order chi connectivity index (χ1) is 13.8. The highest BCUT2D eigenvalue weighted by molar-refractivity contribution is 5.85. The van der Waals surface area contributed by atoms with Crippen LogP contribution in [0.15, 0.2) is 65.7 Å². The van der Waals surface area contributed by atoms with Crippen molar-refractivity contribution in [2.75, 3.05) is 19.6 Å². The molecule has 0 saturated heterocycles. The molecule has 3 N–H and O–H groups in total. The van der Waals surface area contributed by atoms with Gasteiger partial charge in [0.2, 0.25) is 5.91 Å². The minimum Gasteiger partial charge on any atom is -0.357 e. The zero-order valence-electron chi connectivity index (χ0n) is 16.5. The predicted molar refractivity (Wildman–Crippen MR) is 114 cm³/mol. The molecule has 5 heteroatoms. The summed E-state index contributed by atoms with van der Waals surface area (Å²) in [5.74, 6) is 0.996. The van der Waals surface area contributed by atoms with Crippen LogP contribution in [0.3, 0.4) is 0 Å². The van der Waals surface area contributed by atoms with Gasteiger partial charge < -0.3 is 16.0 Å². The fraction of sp³-hybridized carbons (Fsp3) is 0.391. The summed E-state index contributed by atoms with van der Waals surface area (Å²) in [5.41, 5.74) is 2.61. The second-order valence-corrected chi connectivity index (χ2v) is 7.13. The van der Waals surface area contributed by atoms with Crippen LogP contribution in [0.5, 0.6) is 0 Å². The number of nitrogens with zero attached hydrogens (tertiary/aromatic N) is 1. The molecule has 1 aliphatic carbocycles. The van der Waals surface area contributed by atoms with Crippen molar-refractivity contribution in [3.05, 3.63) is 71.8 Å². The molecule has 28 heavy (non-hydrogen) atoms. The molecule has 0 heterocycles. The number of amides is 1. The summed E-state index contributed by atoms with van der Waals surface area (Å²) in [5, 5.41) is 9.56. The summed E-state index contributed by atoms with van der Waals surface area (Å²) in [6.45, 7) is 3.71. The largest absolute Gasteiger partial charge is 0.357 e. The molecule has 0 spiro atoms. The standard InChI is InChI=1S/C23H30N4O/c1-2-24-23(26-17-22(28)27-20-13-14-20)25-16-15-21(18-9-5-3-6-10-18)19-11-7-4-8-12-19/h3-12,20-21H,2,13-17H2,1H3,(H,27,28)(H2,24,25,26). The number of rotatable bonds is 9. The Bertz CT molecular complexity index is 717. The lowest BCUT2D eigenvalue weighted by atomic mass is 9.88. The smallest absolute Gasteiger partial charge is 0.242 e. The summed E-state index contributed by atoms with van der Waals surface area (Å²) in [6.07, 6.45) is 3.12. The van der Waals surface area contributed by atoms with Crippen LogP contribution in [0.2, 0.25) is 0 Å². The van der Waals surface area contributed by atoms with Crippen molar-refractivity contribution in [1.82, 2.24) is 16.0 Å². The van der Waals surface area contributed by atoms with Crippen molar-refractivity contribution >= 4 is 11.9 Å². The second-order valence-electron chi connectivity index (χ2n) is 7.13. The topological polar surface area (TPSA) is 65.5 Å². The molecule has 5 nitrogen and oxygen atoms in total. The van der Waals surface area contributed by atoms with Crippen LogP contribution in [0.25, 0.3) is 0 Å². The van der Waals surface area contributed by atoms with Crippen molar-refractivity contribution in [2.45, 2.75) is 38.1 Å². The van der Waals surface area contributed by atoms with Gasteiger partial charge in [0.1, 0.15) is 6.54 Å². The lowest BCUT2D eigenvalue weighted by Crippen LogP contribution is -2.39. The van der Waals surface area contributed by atoms with Gasteiger partial charge in [0.15, 0.2) is 5.96 Å². The number of hydrogen-bond acceptors (Lipinski definition) is 2. The van der Waals surface area contributed by atoms with Gasteiger partial charge in [-0.15, -0.1) is 0 Å². The third-order valence-electron chi connectivity index (χ3n) is 4.80. The third-order valence-corrected chi connectivity index (χ3v) is 4.80. The van der Waals surface area contributed by atoms with E-state index in [1.807, 2.05) is 19.1 Å². The Morgan fingerprint density at radius 2 is 1.61 bits per heavy atom. The molecule has 1 amide bonds. The van der Waals surface area contributed by atoms with E-state index in [1.165, 1.54) is 11.1 Å². The number of guanidine groups is 1. The molecule has 0 aromatic heterocycles. The van der Waals surface area contributed by atoms with Gasteiger partial charge in [0.05, 0.1) is 0 Å². The molecule has 0 atom stereocenters. The van der Waals surface area contributed by atoms with E-state index in [4.69, 9.17) is 0 Å². The maximum Gasteiger partial charge on any atom is 0.242 e. The van der Waals surface area contributed by atoms with Gasteiger partial charge in [0.25, 0.3) is 0 Å². The highest BCUT2D eigenvalue weighted by Gasteiger charge is 2.22. The molecule has 2 aromatic rings. The molecular weight excluding hydrogens is 348 g/mol. The summed E-state index contributed by atoms with van der Waals surface area (Å²) in [6, 6.07) is 21.5. The number of hydrogen-bond donors (Lipinski definition) is 3. The maximum atomic E-state index is 11.9. The quantitative estimate of drug-likeness (QED) is 0.464. The van der Waals surface area contributed by atoms with E-state index in [1.54, 1.807) is 0 Å². The Hall–Kier alpha value is -2.82. The molecule has 1 aliphatic rings. The monoisotopic (exact) mass is 378 g/mol. The zero-order valence-corrected chi connectivity index (χ0v) is 16.5. The van der Waals surface area contributed by atoms with Gasteiger partial charge in [-0.1, -0.05) is 60.7 Å². The van der Waals surface area contributed by atoms with E-state index < -0.39 is 0 Å². The van der Waals surface area contributed by atoms with Crippen LogP contribution < -0.4 is 16.0 Å². The van der Waals surface area contributed by atoms with E-state index >= 15 is 0 Å². The molecule has 0 aliphatic heterocycles. The Kier molecular flexibility index (Phi) is 7.47. The van der Waals surface area contributed by atoms with Crippen LogP contribution in [0.1, 0.15) is 43.2 Å². The first kappa shape index (κ1) is 19.9. The summed E-state index contributed by atoms with van der Waals surface area (Å²) in [4.78, 5) is 16.3. The summed E-state index contributed by atoms with van der Waals surface area (Å²) >= 11 is 0. The Labute approximate surface area is 167 Å². The van der Waals surface area contributed by atoms with Crippen molar-refractivity contribution in [3.63, 3.8) is 0 Å². The van der Waals surface area contributed by atoms with Gasteiger partial charge in [-0.05, 0) is 37.3 Å². The molecule has 1 saturated carbocycles. The third kappa shape index (κ3) is 6.41. The lowest BCUT2D eigenvalue weighted by Gasteiger charge is -2.19. The average molecular weight is 379 g/mol. The van der Waals surface area contributed by atoms with Crippen molar-refractivity contribution < 1.29 is 4.79 Å². The zero-order chi connectivity index (χ0) is 19.6. The van der Waals surface area contributed by atoms with Crippen molar-refractivity contribution in [1.29, 1.82) is 0 Å². The van der Waals surface area contributed by atoms with Gasteiger partial charge >= 0.3 is 0 Å². The van der Waals surface area contributed by atoms with Crippen LogP contribution >= 0.6 is 0 Å². The molecule has 0 radical (unpaired) electrons. The van der Waals surface area contributed by atoms with E-state index in [9.17, 15) is 4.79 Å². The van der Waals surface area contributed by atoms with Crippen LogP contribution in [0, 0.1) is 0 Å². The number of aliphatic imine (C=N–C) groups is 1. The highest BCUT2D eigenvalue weighted by atomic mass is 16.2. The first-order valence-electron chi connectivity index (χ1n) is 10.2. The normalized spacial score (nSPS) is 14.0. The minimum atomic E-state index is -0.00819. The van der Waals surface area contributed by atoms with E-state index in [0.717, 1.165) is 32.4 Å². The van der Waals surface area contributed by atoms with Crippen LogP contribution in [0.4, 0.5) is 0 Å². The molecule has 3 rings (SSSR count). The molecule has 0 unspecified atom stereocenters. The van der Waals surface area contributed by atoms with E-state index in [0.29, 0.717) is 17.9 Å².